The normalized spacial score (nSPS) is 11.5. The third kappa shape index (κ3) is 3.50. The van der Waals surface area contributed by atoms with Gasteiger partial charge in [0.05, 0.1) is 0 Å². The number of thioether (sulfide) groups is 1. The Labute approximate surface area is 109 Å². The molecule has 0 fully saturated rings. The van der Waals surface area contributed by atoms with Crippen LogP contribution < -0.4 is 0 Å². The standard InChI is InChI=1S/C11H6F3NO3S/c12-11(13,14)19-7-3-1-2-6(4-7)8-5-9(10(16)17)18-15-8/h1-5H,(H,16,17). The number of aromatic carboxylic acids is 1. The molecule has 0 radical (unpaired) electrons. The Hall–Kier alpha value is -1.96. The number of alkyl halides is 3. The first kappa shape index (κ1) is 13.5. The molecule has 2 aromatic rings. The Kier molecular flexibility index (Phi) is 3.52. The smallest absolute Gasteiger partial charge is 0.446 e. The molecule has 0 spiro atoms. The summed E-state index contributed by atoms with van der Waals surface area (Å²) in [6.07, 6.45) is 0. The Morgan fingerprint density at radius 2 is 2.05 bits per heavy atom. The third-order valence-corrected chi connectivity index (χ3v) is 2.81. The number of carboxylic acid groups (broad SMARTS) is 1. The molecule has 2 rings (SSSR count). The summed E-state index contributed by atoms with van der Waals surface area (Å²) in [5.41, 5.74) is -3.86. The van der Waals surface area contributed by atoms with Crippen LogP contribution >= 0.6 is 11.8 Å². The maximum atomic E-state index is 12.2. The molecule has 0 bridgehead atoms. The van der Waals surface area contributed by atoms with Gasteiger partial charge in [-0.15, -0.1) is 0 Å². The van der Waals surface area contributed by atoms with Crippen molar-refractivity contribution in [3.05, 3.63) is 36.1 Å². The molecule has 0 saturated carbocycles. The average Bonchev–Trinajstić information content (AvgIpc) is 2.76. The molecule has 0 aliphatic rings. The summed E-state index contributed by atoms with van der Waals surface area (Å²) in [5, 5.41) is 12.2. The van der Waals surface area contributed by atoms with Crippen LogP contribution in [0.4, 0.5) is 13.2 Å². The SMILES string of the molecule is O=C(O)c1cc(-c2cccc(SC(F)(F)F)c2)no1. The lowest BCUT2D eigenvalue weighted by atomic mass is 10.1. The highest BCUT2D eigenvalue weighted by molar-refractivity contribution is 8.00. The second-order valence-electron chi connectivity index (χ2n) is 3.46. The molecular weight excluding hydrogens is 283 g/mol. The van der Waals surface area contributed by atoms with Gasteiger partial charge < -0.3 is 9.63 Å². The lowest BCUT2D eigenvalue weighted by Crippen LogP contribution is -1.98. The number of nitrogens with zero attached hydrogens (tertiary/aromatic N) is 1. The predicted molar refractivity (Wildman–Crippen MR) is 60.8 cm³/mol. The molecule has 19 heavy (non-hydrogen) atoms. The summed E-state index contributed by atoms with van der Waals surface area (Å²) in [5.74, 6) is -1.66. The second-order valence-corrected chi connectivity index (χ2v) is 4.60. The number of carboxylic acids is 1. The minimum atomic E-state index is -4.38. The number of carbonyl (C=O) groups is 1. The lowest BCUT2D eigenvalue weighted by Gasteiger charge is -2.05. The first-order chi connectivity index (χ1) is 8.85. The highest BCUT2D eigenvalue weighted by Gasteiger charge is 2.29. The van der Waals surface area contributed by atoms with E-state index >= 15 is 0 Å². The van der Waals surface area contributed by atoms with Crippen LogP contribution in [0.3, 0.4) is 0 Å². The van der Waals surface area contributed by atoms with E-state index in [1.165, 1.54) is 24.3 Å². The van der Waals surface area contributed by atoms with E-state index in [1.54, 1.807) is 0 Å². The molecule has 0 aliphatic carbocycles. The van der Waals surface area contributed by atoms with Gasteiger partial charge in [0.1, 0.15) is 5.69 Å². The van der Waals surface area contributed by atoms with E-state index in [1.807, 2.05) is 0 Å². The maximum Gasteiger partial charge on any atom is 0.446 e. The van der Waals surface area contributed by atoms with Crippen molar-refractivity contribution in [2.45, 2.75) is 10.4 Å². The van der Waals surface area contributed by atoms with E-state index in [0.717, 1.165) is 6.07 Å². The van der Waals surface area contributed by atoms with Crippen molar-refractivity contribution in [2.75, 3.05) is 0 Å². The monoisotopic (exact) mass is 289 g/mol. The van der Waals surface area contributed by atoms with E-state index in [4.69, 9.17) is 5.11 Å². The van der Waals surface area contributed by atoms with Crippen LogP contribution in [0.1, 0.15) is 10.6 Å². The fourth-order valence-corrected chi connectivity index (χ4v) is 1.96. The Balaban J connectivity index is 2.29. The van der Waals surface area contributed by atoms with E-state index in [2.05, 4.69) is 9.68 Å². The van der Waals surface area contributed by atoms with Crippen molar-refractivity contribution >= 4 is 17.7 Å². The highest BCUT2D eigenvalue weighted by atomic mass is 32.2. The number of halogens is 3. The molecule has 0 atom stereocenters. The number of aromatic nitrogens is 1. The first-order valence-corrected chi connectivity index (χ1v) is 5.73. The lowest BCUT2D eigenvalue weighted by molar-refractivity contribution is -0.0328. The van der Waals surface area contributed by atoms with E-state index in [9.17, 15) is 18.0 Å². The molecular formula is C11H6F3NO3S. The van der Waals surface area contributed by atoms with Gasteiger partial charge in [-0.2, -0.15) is 13.2 Å². The van der Waals surface area contributed by atoms with Crippen LogP contribution in [0.25, 0.3) is 11.3 Å². The quantitative estimate of drug-likeness (QED) is 0.874. The maximum absolute atomic E-state index is 12.2. The zero-order chi connectivity index (χ0) is 14.0. The van der Waals surface area contributed by atoms with Crippen molar-refractivity contribution < 1.29 is 27.6 Å². The molecule has 100 valence electrons. The fraction of sp³-hybridized carbons (Fsp3) is 0.0909. The number of hydrogen-bond donors (Lipinski definition) is 1. The second kappa shape index (κ2) is 4.96. The molecule has 0 aliphatic heterocycles. The summed E-state index contributed by atoms with van der Waals surface area (Å²) in [7, 11) is 0. The van der Waals surface area contributed by atoms with Crippen LogP contribution in [-0.4, -0.2) is 21.7 Å². The third-order valence-electron chi connectivity index (χ3n) is 2.08. The van der Waals surface area contributed by atoms with Crippen molar-refractivity contribution in [1.29, 1.82) is 0 Å². The van der Waals surface area contributed by atoms with Gasteiger partial charge in [-0.1, -0.05) is 17.3 Å². The number of hydrogen-bond acceptors (Lipinski definition) is 4. The van der Waals surface area contributed by atoms with Crippen molar-refractivity contribution in [3.8, 4) is 11.3 Å². The largest absolute Gasteiger partial charge is 0.475 e. The van der Waals surface area contributed by atoms with Gasteiger partial charge in [-0.3, -0.25) is 0 Å². The van der Waals surface area contributed by atoms with E-state index in [-0.39, 0.29) is 28.1 Å². The summed E-state index contributed by atoms with van der Waals surface area (Å²) >= 11 is -0.252. The van der Waals surface area contributed by atoms with Crippen molar-refractivity contribution in [2.24, 2.45) is 0 Å². The summed E-state index contributed by atoms with van der Waals surface area (Å²) in [6.45, 7) is 0. The zero-order valence-electron chi connectivity index (χ0n) is 9.14. The highest BCUT2D eigenvalue weighted by Crippen LogP contribution is 2.38. The molecule has 1 heterocycles. The minimum Gasteiger partial charge on any atom is -0.475 e. The van der Waals surface area contributed by atoms with Crippen molar-refractivity contribution in [1.82, 2.24) is 5.16 Å². The number of benzene rings is 1. The van der Waals surface area contributed by atoms with Gasteiger partial charge in [-0.05, 0) is 23.9 Å². The first-order valence-electron chi connectivity index (χ1n) is 4.91. The fourth-order valence-electron chi connectivity index (χ4n) is 1.36. The van der Waals surface area contributed by atoms with Gasteiger partial charge in [-0.25, -0.2) is 4.79 Å². The van der Waals surface area contributed by atoms with E-state index in [0.29, 0.717) is 5.56 Å². The van der Waals surface area contributed by atoms with Crippen LogP contribution in [0.5, 0.6) is 0 Å². The predicted octanol–water partition coefficient (Wildman–Crippen LogP) is 3.65. The molecule has 0 unspecified atom stereocenters. The minimum absolute atomic E-state index is 0.00937. The van der Waals surface area contributed by atoms with Gasteiger partial charge >= 0.3 is 11.5 Å². The van der Waals surface area contributed by atoms with E-state index < -0.39 is 11.5 Å². The van der Waals surface area contributed by atoms with Crippen LogP contribution in [-0.2, 0) is 0 Å². The molecule has 1 aromatic heterocycles. The Morgan fingerprint density at radius 1 is 1.32 bits per heavy atom. The van der Waals surface area contributed by atoms with Gasteiger partial charge in [0.15, 0.2) is 0 Å². The summed E-state index contributed by atoms with van der Waals surface area (Å²) < 4.78 is 41.3. The van der Waals surface area contributed by atoms with Gasteiger partial charge in [0, 0.05) is 16.5 Å². The average molecular weight is 289 g/mol. The molecule has 8 heteroatoms. The van der Waals surface area contributed by atoms with Crippen LogP contribution in [0, 0.1) is 0 Å². The molecule has 0 amide bonds. The zero-order valence-corrected chi connectivity index (χ0v) is 9.96. The Bertz CT molecular complexity index is 609. The van der Waals surface area contributed by atoms with Gasteiger partial charge in [0.25, 0.3) is 0 Å². The van der Waals surface area contributed by atoms with Crippen LogP contribution in [0.15, 0.2) is 39.8 Å². The van der Waals surface area contributed by atoms with Crippen molar-refractivity contribution in [3.63, 3.8) is 0 Å². The molecule has 0 saturated heterocycles. The summed E-state index contributed by atoms with van der Waals surface area (Å²) in [4.78, 5) is 10.6. The Morgan fingerprint density at radius 3 is 2.63 bits per heavy atom. The molecule has 1 N–H and O–H groups in total. The topological polar surface area (TPSA) is 63.3 Å². The molecule has 1 aromatic carbocycles. The van der Waals surface area contributed by atoms with Crippen LogP contribution in [0.2, 0.25) is 0 Å². The number of rotatable bonds is 3. The molecule has 4 nitrogen and oxygen atoms in total. The summed E-state index contributed by atoms with van der Waals surface area (Å²) in [6, 6.07) is 6.67. The van der Waals surface area contributed by atoms with Gasteiger partial charge in [0.2, 0.25) is 5.76 Å².